The summed E-state index contributed by atoms with van der Waals surface area (Å²) in [4.78, 5) is 0. The van der Waals surface area contributed by atoms with Crippen molar-refractivity contribution in [3.8, 4) is 16.8 Å². The minimum Gasteiger partial charge on any atom is -0.456 e. The van der Waals surface area contributed by atoms with Gasteiger partial charge in [-0.1, -0.05) is 109 Å². The molecule has 0 saturated carbocycles. The average molecular weight is 726 g/mol. The maximum Gasteiger partial charge on any atom is 0.135 e. The summed E-state index contributed by atoms with van der Waals surface area (Å²) >= 11 is 0. The van der Waals surface area contributed by atoms with E-state index in [-0.39, 0.29) is 6.04 Å². The quantitative estimate of drug-likeness (QED) is 0.179. The molecule has 5 heteroatoms. The second kappa shape index (κ2) is 14.0. The monoisotopic (exact) mass is 725 g/mol. The molecule has 5 nitrogen and oxygen atoms in total. The zero-order valence-electron chi connectivity index (χ0n) is 30.9. The fourth-order valence-corrected chi connectivity index (χ4v) is 8.28. The van der Waals surface area contributed by atoms with E-state index in [0.29, 0.717) is 6.54 Å². The lowest BCUT2D eigenvalue weighted by Gasteiger charge is -2.16. The van der Waals surface area contributed by atoms with Gasteiger partial charge in [0.25, 0.3) is 0 Å². The number of nitrogens with zero attached hydrogens (tertiary/aromatic N) is 1. The van der Waals surface area contributed by atoms with Gasteiger partial charge in [-0.3, -0.25) is 0 Å². The Balaban J connectivity index is 0.000000151. The van der Waals surface area contributed by atoms with Crippen LogP contribution < -0.4 is 11.1 Å². The van der Waals surface area contributed by atoms with Gasteiger partial charge < -0.3 is 24.5 Å². The number of hydrogen-bond acceptors (Lipinski definition) is 4. The predicted octanol–water partition coefficient (Wildman–Crippen LogP) is 13.6. The molecular formula is C51H39N3O2. The highest BCUT2D eigenvalue weighted by Crippen LogP contribution is 2.38. The summed E-state index contributed by atoms with van der Waals surface area (Å²) in [5.41, 5.74) is 19.1. The summed E-state index contributed by atoms with van der Waals surface area (Å²) in [5.74, 6) is 0. The van der Waals surface area contributed by atoms with Crippen molar-refractivity contribution in [1.29, 1.82) is 0 Å². The maximum absolute atomic E-state index is 6.11. The van der Waals surface area contributed by atoms with Gasteiger partial charge in [0, 0.05) is 56.3 Å². The van der Waals surface area contributed by atoms with Crippen molar-refractivity contribution in [3.05, 3.63) is 193 Å². The van der Waals surface area contributed by atoms with Crippen molar-refractivity contribution in [2.24, 2.45) is 5.73 Å². The summed E-state index contributed by atoms with van der Waals surface area (Å²) in [6, 6.07) is 63.5. The first-order valence-corrected chi connectivity index (χ1v) is 19.1. The van der Waals surface area contributed by atoms with E-state index in [0.717, 1.165) is 44.4 Å². The Morgan fingerprint density at radius 1 is 0.500 bits per heavy atom. The Bertz CT molecular complexity index is 3170. The van der Waals surface area contributed by atoms with E-state index in [4.69, 9.17) is 14.6 Å². The lowest BCUT2D eigenvalue weighted by atomic mass is 9.99. The third-order valence-corrected chi connectivity index (χ3v) is 10.9. The van der Waals surface area contributed by atoms with Gasteiger partial charge in [-0.05, 0) is 102 Å². The van der Waals surface area contributed by atoms with Gasteiger partial charge in [0.15, 0.2) is 0 Å². The van der Waals surface area contributed by atoms with Crippen molar-refractivity contribution in [1.82, 2.24) is 4.57 Å². The van der Waals surface area contributed by atoms with Gasteiger partial charge >= 0.3 is 0 Å². The van der Waals surface area contributed by atoms with Crippen LogP contribution >= 0.6 is 0 Å². The fraction of sp³-hybridized carbons (Fsp3) is 0.0588. The van der Waals surface area contributed by atoms with Gasteiger partial charge in [-0.15, -0.1) is 0 Å². The van der Waals surface area contributed by atoms with Gasteiger partial charge in [-0.2, -0.15) is 0 Å². The molecule has 270 valence electrons. The fourth-order valence-electron chi connectivity index (χ4n) is 8.28. The average Bonchev–Trinajstić information content (AvgIpc) is 3.93. The summed E-state index contributed by atoms with van der Waals surface area (Å²) in [5, 5.41) is 10.7. The van der Waals surface area contributed by atoms with Gasteiger partial charge in [-0.25, -0.2) is 0 Å². The number of nitrogens with two attached hydrogens (primary N) is 1. The number of aromatic nitrogens is 1. The van der Waals surface area contributed by atoms with Crippen LogP contribution in [0.15, 0.2) is 191 Å². The molecule has 11 aromatic rings. The first-order valence-electron chi connectivity index (χ1n) is 19.1. The van der Waals surface area contributed by atoms with Crippen molar-refractivity contribution < 1.29 is 8.83 Å². The van der Waals surface area contributed by atoms with E-state index < -0.39 is 0 Å². The summed E-state index contributed by atoms with van der Waals surface area (Å²) < 4.78 is 14.4. The molecule has 0 aliphatic heterocycles. The highest BCUT2D eigenvalue weighted by atomic mass is 16.3. The third kappa shape index (κ3) is 5.77. The van der Waals surface area contributed by atoms with Crippen molar-refractivity contribution >= 4 is 71.4 Å². The zero-order chi connectivity index (χ0) is 37.6. The normalized spacial score (nSPS) is 12.1. The van der Waals surface area contributed by atoms with Crippen LogP contribution in [-0.4, -0.2) is 4.57 Å². The molecule has 8 aromatic carbocycles. The van der Waals surface area contributed by atoms with Crippen LogP contribution in [0.1, 0.15) is 24.1 Å². The van der Waals surface area contributed by atoms with Crippen LogP contribution in [-0.2, 0) is 6.54 Å². The van der Waals surface area contributed by atoms with Crippen LogP contribution in [0.25, 0.3) is 82.5 Å². The Hall–Kier alpha value is -7.08. The zero-order valence-corrected chi connectivity index (χ0v) is 30.9. The molecule has 0 aliphatic rings. The molecule has 0 amide bonds. The molecule has 0 saturated heterocycles. The number of para-hydroxylation sites is 4. The van der Waals surface area contributed by atoms with E-state index in [1.807, 2.05) is 48.5 Å². The number of hydrogen-bond donors (Lipinski definition) is 2. The molecule has 0 spiro atoms. The van der Waals surface area contributed by atoms with E-state index in [1.165, 1.54) is 55.0 Å². The Kier molecular flexibility index (Phi) is 8.35. The standard InChI is InChI=1S/C31H22N2O.C20H17NO/c32-19-22-7-6-12-30-31(22)26-18-21(14-16-29(26)34-30)20-13-15-28-25(17-20)24-10-4-5-11-27(24)33(28)23-8-2-1-3-9-23;1-14(21-15-8-3-2-4-9-15)16-11-7-13-19-20(16)17-10-5-6-12-18(17)22-19/h1-18H,19,32H2;2-14,21H,1H3. The third-order valence-electron chi connectivity index (χ3n) is 10.9. The maximum atomic E-state index is 6.11. The lowest BCUT2D eigenvalue weighted by Crippen LogP contribution is -2.06. The predicted molar refractivity (Wildman–Crippen MR) is 234 cm³/mol. The van der Waals surface area contributed by atoms with Gasteiger partial charge in [0.05, 0.1) is 11.0 Å². The lowest BCUT2D eigenvalue weighted by molar-refractivity contribution is 0.668. The minimum absolute atomic E-state index is 0.201. The van der Waals surface area contributed by atoms with Gasteiger partial charge in [0.2, 0.25) is 0 Å². The minimum atomic E-state index is 0.201. The number of benzene rings is 8. The number of rotatable bonds is 6. The largest absolute Gasteiger partial charge is 0.456 e. The first kappa shape index (κ1) is 33.5. The van der Waals surface area contributed by atoms with Crippen molar-refractivity contribution in [2.75, 3.05) is 5.32 Å². The van der Waals surface area contributed by atoms with Crippen LogP contribution in [0.5, 0.6) is 0 Å². The van der Waals surface area contributed by atoms with Crippen molar-refractivity contribution in [3.63, 3.8) is 0 Å². The molecule has 0 fully saturated rings. The molecule has 0 radical (unpaired) electrons. The smallest absolute Gasteiger partial charge is 0.135 e. The Labute approximate surface area is 324 Å². The summed E-state index contributed by atoms with van der Waals surface area (Å²) in [6.45, 7) is 2.67. The van der Waals surface area contributed by atoms with Crippen molar-refractivity contribution in [2.45, 2.75) is 19.5 Å². The SMILES string of the molecule is CC(Nc1ccccc1)c1cccc2oc3ccccc3c12.NCc1cccc2oc3ccc(-c4ccc5c(c4)c4ccccc4n5-c4ccccc4)cc3c12. The highest BCUT2D eigenvalue weighted by Gasteiger charge is 2.17. The first-order chi connectivity index (χ1) is 27.6. The summed E-state index contributed by atoms with van der Waals surface area (Å²) in [6.07, 6.45) is 0. The molecular weight excluding hydrogens is 687 g/mol. The van der Waals surface area contributed by atoms with E-state index in [1.54, 1.807) is 0 Å². The number of fused-ring (bicyclic) bond motifs is 9. The number of anilines is 1. The Morgan fingerprint density at radius 2 is 1.09 bits per heavy atom. The molecule has 56 heavy (non-hydrogen) atoms. The molecule has 3 aromatic heterocycles. The molecule has 0 bridgehead atoms. The van der Waals surface area contributed by atoms with Gasteiger partial charge in [0.1, 0.15) is 22.3 Å². The Morgan fingerprint density at radius 3 is 1.88 bits per heavy atom. The second-order valence-corrected chi connectivity index (χ2v) is 14.3. The highest BCUT2D eigenvalue weighted by molar-refractivity contribution is 6.12. The van der Waals surface area contributed by atoms with E-state index in [9.17, 15) is 0 Å². The second-order valence-electron chi connectivity index (χ2n) is 14.3. The molecule has 1 atom stereocenters. The molecule has 3 N–H and O–H groups in total. The number of nitrogens with one attached hydrogen (secondary N) is 1. The molecule has 3 heterocycles. The summed E-state index contributed by atoms with van der Waals surface area (Å²) in [7, 11) is 0. The molecule has 1 unspecified atom stereocenters. The molecule has 0 aliphatic carbocycles. The van der Waals surface area contributed by atoms with Crippen LogP contribution in [0.4, 0.5) is 5.69 Å². The molecule has 11 rings (SSSR count). The van der Waals surface area contributed by atoms with Crippen LogP contribution in [0.3, 0.4) is 0 Å². The number of furan rings is 2. The van der Waals surface area contributed by atoms with E-state index >= 15 is 0 Å². The topological polar surface area (TPSA) is 69.3 Å². The van der Waals surface area contributed by atoms with E-state index in [2.05, 4.69) is 150 Å². The van der Waals surface area contributed by atoms with Crippen LogP contribution in [0.2, 0.25) is 0 Å². The van der Waals surface area contributed by atoms with Crippen LogP contribution in [0, 0.1) is 0 Å².